The largest absolute Gasteiger partial charge is 0.477 e. The van der Waals surface area contributed by atoms with Crippen molar-refractivity contribution in [2.45, 2.75) is 30.9 Å². The van der Waals surface area contributed by atoms with Gasteiger partial charge in [-0.05, 0) is 30.5 Å². The van der Waals surface area contributed by atoms with E-state index in [-0.39, 0.29) is 0 Å². The second-order valence-corrected chi connectivity index (χ2v) is 8.08. The number of hydrogen-bond acceptors (Lipinski definition) is 4. The number of nitrogens with zero attached hydrogens (tertiary/aromatic N) is 1. The number of halogens is 1. The van der Waals surface area contributed by atoms with Crippen LogP contribution in [0.15, 0.2) is 33.6 Å². The molecule has 2 aromatic rings. The van der Waals surface area contributed by atoms with E-state index in [0.29, 0.717) is 28.7 Å². The third-order valence-electron chi connectivity index (χ3n) is 2.70. The first kappa shape index (κ1) is 16.5. The van der Waals surface area contributed by atoms with Crippen molar-refractivity contribution in [2.24, 2.45) is 5.92 Å². The van der Waals surface area contributed by atoms with Crippen molar-refractivity contribution in [1.82, 2.24) is 4.98 Å². The molecule has 0 unspecified atom stereocenters. The fraction of sp³-hybridized carbons (Fsp3) is 0.333. The molecule has 0 atom stereocenters. The number of carboxylic acid groups (broad SMARTS) is 1. The lowest BCUT2D eigenvalue weighted by Crippen LogP contribution is -2.02. The van der Waals surface area contributed by atoms with Gasteiger partial charge in [-0.2, -0.15) is 0 Å². The van der Waals surface area contributed by atoms with E-state index in [2.05, 4.69) is 34.8 Å². The minimum atomic E-state index is -0.873. The van der Waals surface area contributed by atoms with Crippen LogP contribution in [-0.4, -0.2) is 16.1 Å². The summed E-state index contributed by atoms with van der Waals surface area (Å²) < 4.78 is 1.04. The number of carboxylic acids is 1. The first-order chi connectivity index (χ1) is 9.95. The van der Waals surface area contributed by atoms with Crippen molar-refractivity contribution in [3.8, 4) is 0 Å². The number of aromatic nitrogens is 1. The summed E-state index contributed by atoms with van der Waals surface area (Å²) in [5, 5.41) is 10.1. The smallest absolute Gasteiger partial charge is 0.347 e. The van der Waals surface area contributed by atoms with Gasteiger partial charge in [-0.3, -0.25) is 0 Å². The van der Waals surface area contributed by atoms with Crippen LogP contribution in [0.4, 0.5) is 0 Å². The number of benzene rings is 1. The Balaban J connectivity index is 2.11. The van der Waals surface area contributed by atoms with Gasteiger partial charge in [-0.25, -0.2) is 9.78 Å². The van der Waals surface area contributed by atoms with Crippen molar-refractivity contribution >= 4 is 45.0 Å². The number of carbonyl (C=O) groups is 1. The lowest BCUT2D eigenvalue weighted by molar-refractivity contribution is 0.0700. The number of thiazole rings is 1. The predicted octanol–water partition coefficient (Wildman–Crippen LogP) is 5.09. The molecule has 0 spiro atoms. The van der Waals surface area contributed by atoms with Gasteiger partial charge in [-0.1, -0.05) is 35.8 Å². The first-order valence-electron chi connectivity index (χ1n) is 6.56. The van der Waals surface area contributed by atoms with E-state index < -0.39 is 5.97 Å². The Morgan fingerprint density at radius 1 is 1.48 bits per heavy atom. The molecule has 0 radical (unpaired) electrons. The van der Waals surface area contributed by atoms with Crippen LogP contribution in [0.1, 0.15) is 34.2 Å². The number of aromatic carboxylic acids is 1. The molecule has 0 fully saturated rings. The molecule has 112 valence electrons. The Bertz CT molecular complexity index is 640. The Morgan fingerprint density at radius 3 is 2.86 bits per heavy atom. The quantitative estimate of drug-likeness (QED) is 0.703. The lowest BCUT2D eigenvalue weighted by atomic mass is 10.1. The van der Waals surface area contributed by atoms with Gasteiger partial charge in [0.2, 0.25) is 0 Å². The second kappa shape index (κ2) is 7.42. The highest BCUT2D eigenvalue weighted by Crippen LogP contribution is 2.29. The van der Waals surface area contributed by atoms with Crippen molar-refractivity contribution in [3.05, 3.63) is 44.3 Å². The van der Waals surface area contributed by atoms with Gasteiger partial charge in [0.25, 0.3) is 0 Å². The summed E-state index contributed by atoms with van der Waals surface area (Å²) in [7, 11) is 0. The van der Waals surface area contributed by atoms with Gasteiger partial charge in [0, 0.05) is 9.37 Å². The minimum Gasteiger partial charge on any atom is -0.477 e. The Hall–Kier alpha value is -0.850. The maximum absolute atomic E-state index is 11.3. The topological polar surface area (TPSA) is 50.2 Å². The molecule has 0 aliphatic rings. The molecule has 1 heterocycles. The summed E-state index contributed by atoms with van der Waals surface area (Å²) in [5.41, 5.74) is 0.715. The van der Waals surface area contributed by atoms with Crippen molar-refractivity contribution in [2.75, 3.05) is 0 Å². The van der Waals surface area contributed by atoms with Crippen LogP contribution < -0.4 is 0 Å². The minimum absolute atomic E-state index is 0.383. The third-order valence-corrected chi connectivity index (χ3v) is 5.46. The molecule has 1 aromatic heterocycles. The van der Waals surface area contributed by atoms with E-state index in [1.54, 1.807) is 11.8 Å². The van der Waals surface area contributed by atoms with Gasteiger partial charge in [-0.15, -0.1) is 23.1 Å². The molecular weight excluding hydrogens is 370 g/mol. The predicted molar refractivity (Wildman–Crippen MR) is 91.3 cm³/mol. The first-order valence-corrected chi connectivity index (χ1v) is 9.15. The average molecular weight is 386 g/mol. The number of hydrogen-bond donors (Lipinski definition) is 1. The van der Waals surface area contributed by atoms with Gasteiger partial charge >= 0.3 is 5.97 Å². The Labute approximate surface area is 140 Å². The van der Waals surface area contributed by atoms with Crippen LogP contribution in [0.25, 0.3) is 0 Å². The molecule has 0 saturated carbocycles. The summed E-state index contributed by atoms with van der Waals surface area (Å²) >= 11 is 6.40. The van der Waals surface area contributed by atoms with E-state index in [1.807, 2.05) is 24.3 Å². The van der Waals surface area contributed by atoms with Gasteiger partial charge in [0.15, 0.2) is 0 Å². The zero-order chi connectivity index (χ0) is 15.4. The van der Waals surface area contributed by atoms with E-state index in [4.69, 9.17) is 0 Å². The summed E-state index contributed by atoms with van der Waals surface area (Å²) in [6.07, 6.45) is 0.708. The van der Waals surface area contributed by atoms with Crippen LogP contribution in [-0.2, 0) is 12.2 Å². The zero-order valence-corrected chi connectivity index (χ0v) is 15.0. The monoisotopic (exact) mass is 385 g/mol. The maximum Gasteiger partial charge on any atom is 0.347 e. The van der Waals surface area contributed by atoms with Gasteiger partial charge in [0.05, 0.1) is 11.4 Å². The SMILES string of the molecule is CC(C)Cc1nc(CSc2cccc(Br)c2)sc1C(=O)O. The molecule has 21 heavy (non-hydrogen) atoms. The Morgan fingerprint density at radius 2 is 2.24 bits per heavy atom. The van der Waals surface area contributed by atoms with Crippen LogP contribution in [0, 0.1) is 5.92 Å². The fourth-order valence-corrected chi connectivity index (χ4v) is 4.29. The van der Waals surface area contributed by atoms with E-state index in [1.165, 1.54) is 11.3 Å². The fourth-order valence-electron chi connectivity index (χ4n) is 1.86. The number of rotatable bonds is 6. The highest BCUT2D eigenvalue weighted by molar-refractivity contribution is 9.10. The van der Waals surface area contributed by atoms with E-state index in [9.17, 15) is 9.90 Å². The molecule has 0 aliphatic heterocycles. The van der Waals surface area contributed by atoms with E-state index in [0.717, 1.165) is 14.4 Å². The molecule has 2 rings (SSSR count). The summed E-state index contributed by atoms with van der Waals surface area (Å²) in [4.78, 5) is 17.3. The zero-order valence-electron chi connectivity index (χ0n) is 11.8. The molecule has 0 amide bonds. The van der Waals surface area contributed by atoms with Crippen LogP contribution in [0.3, 0.4) is 0 Å². The summed E-state index contributed by atoms with van der Waals surface area (Å²) in [6, 6.07) is 8.06. The molecular formula is C15H16BrNO2S2. The van der Waals surface area contributed by atoms with Crippen molar-refractivity contribution in [3.63, 3.8) is 0 Å². The lowest BCUT2D eigenvalue weighted by Gasteiger charge is -2.01. The van der Waals surface area contributed by atoms with E-state index >= 15 is 0 Å². The molecule has 3 nitrogen and oxygen atoms in total. The van der Waals surface area contributed by atoms with Gasteiger partial charge < -0.3 is 5.11 Å². The van der Waals surface area contributed by atoms with Crippen molar-refractivity contribution in [1.29, 1.82) is 0 Å². The van der Waals surface area contributed by atoms with Crippen LogP contribution in [0.5, 0.6) is 0 Å². The van der Waals surface area contributed by atoms with Gasteiger partial charge in [0.1, 0.15) is 9.88 Å². The summed E-state index contributed by atoms with van der Waals surface area (Å²) in [5.74, 6) is 0.220. The molecule has 1 N–H and O–H groups in total. The summed E-state index contributed by atoms with van der Waals surface area (Å²) in [6.45, 7) is 4.14. The normalized spacial score (nSPS) is 11.0. The molecule has 0 saturated heterocycles. The average Bonchev–Trinajstić information content (AvgIpc) is 2.79. The molecule has 0 bridgehead atoms. The highest BCUT2D eigenvalue weighted by Gasteiger charge is 2.18. The molecule has 6 heteroatoms. The Kier molecular flexibility index (Phi) is 5.84. The highest BCUT2D eigenvalue weighted by atomic mass is 79.9. The van der Waals surface area contributed by atoms with Crippen molar-refractivity contribution < 1.29 is 9.90 Å². The molecule has 0 aliphatic carbocycles. The molecule has 1 aromatic carbocycles. The number of thioether (sulfide) groups is 1. The van der Waals surface area contributed by atoms with Crippen LogP contribution in [0.2, 0.25) is 0 Å². The standard InChI is InChI=1S/C15H16BrNO2S2/c1-9(2)6-12-14(15(18)19)21-13(17-12)8-20-11-5-3-4-10(16)7-11/h3-5,7,9H,6,8H2,1-2H3,(H,18,19). The van der Waals surface area contributed by atoms with Crippen LogP contribution >= 0.6 is 39.0 Å². The third kappa shape index (κ3) is 4.83. The second-order valence-electron chi connectivity index (χ2n) is 5.03. The maximum atomic E-state index is 11.3.